The maximum atomic E-state index is 12.2. The number of benzene rings is 1. The summed E-state index contributed by atoms with van der Waals surface area (Å²) in [6.07, 6.45) is 1.91. The lowest BCUT2D eigenvalue weighted by atomic mass is 10.1. The first-order valence-corrected chi connectivity index (χ1v) is 8.97. The second-order valence-corrected chi connectivity index (χ2v) is 7.15. The minimum atomic E-state index is -0.0102. The summed E-state index contributed by atoms with van der Waals surface area (Å²) in [6.45, 7) is 3.31. The van der Waals surface area contributed by atoms with Gasteiger partial charge in [0.1, 0.15) is 0 Å². The Labute approximate surface area is 148 Å². The molecule has 0 N–H and O–H groups in total. The molecule has 0 saturated carbocycles. The first-order chi connectivity index (χ1) is 11.1. The number of rotatable bonds is 2. The minimum Gasteiger partial charge on any atom is -0.378 e. The Morgan fingerprint density at radius 2 is 2.09 bits per heavy atom. The average molecular weight is 396 g/mol. The number of likely N-dealkylation sites (N-methyl/N-ethyl adjacent to an activating group) is 1. The van der Waals surface area contributed by atoms with Crippen molar-refractivity contribution < 1.29 is 9.53 Å². The number of nitrogens with zero attached hydrogens (tertiary/aromatic N) is 3. The van der Waals surface area contributed by atoms with E-state index in [2.05, 4.69) is 31.9 Å². The van der Waals surface area contributed by atoms with Crippen LogP contribution in [-0.4, -0.2) is 56.4 Å². The molecule has 0 aliphatic carbocycles. The van der Waals surface area contributed by atoms with E-state index in [1.165, 1.54) is 11.8 Å². The van der Waals surface area contributed by atoms with Crippen molar-refractivity contribution in [1.82, 2.24) is 4.90 Å². The number of morpholine rings is 1. The molecule has 5 nitrogen and oxygen atoms in total. The third kappa shape index (κ3) is 3.46. The van der Waals surface area contributed by atoms with Gasteiger partial charge in [0.15, 0.2) is 5.17 Å². The molecule has 2 aliphatic heterocycles. The monoisotopic (exact) mass is 395 g/mol. The highest BCUT2D eigenvalue weighted by Gasteiger charge is 2.29. The van der Waals surface area contributed by atoms with Crippen molar-refractivity contribution in [1.29, 1.82) is 0 Å². The Bertz CT molecular complexity index is 684. The molecule has 0 radical (unpaired) electrons. The third-order valence-corrected chi connectivity index (χ3v) is 5.60. The fourth-order valence-corrected chi connectivity index (χ4v) is 4.15. The topological polar surface area (TPSA) is 45.1 Å². The van der Waals surface area contributed by atoms with Gasteiger partial charge in [0.05, 0.1) is 23.8 Å². The zero-order valence-corrected chi connectivity index (χ0v) is 15.5. The highest BCUT2D eigenvalue weighted by Crippen LogP contribution is 2.33. The van der Waals surface area contributed by atoms with Crippen LogP contribution in [0.4, 0.5) is 5.69 Å². The molecule has 2 aliphatic rings. The van der Waals surface area contributed by atoms with Crippen LogP contribution in [0.3, 0.4) is 0 Å². The lowest BCUT2D eigenvalue weighted by molar-refractivity contribution is -0.121. The smallest absolute Gasteiger partial charge is 0.266 e. The minimum absolute atomic E-state index is 0.0102. The van der Waals surface area contributed by atoms with Gasteiger partial charge in [-0.2, -0.15) is 0 Å². The standard InChI is InChI=1S/C16H18BrN3O2S/c1-18-16-19(2)15(21)14(23-16)10-11-3-4-13(12(17)9-11)20-5-7-22-8-6-20/h3-4,9-10H,5-8H2,1-2H3. The van der Waals surface area contributed by atoms with E-state index in [0.717, 1.165) is 47.2 Å². The Morgan fingerprint density at radius 1 is 1.35 bits per heavy atom. The van der Waals surface area contributed by atoms with Crippen LogP contribution in [0.15, 0.2) is 32.6 Å². The third-order valence-electron chi connectivity index (χ3n) is 3.82. The molecular weight excluding hydrogens is 378 g/mol. The summed E-state index contributed by atoms with van der Waals surface area (Å²) in [6, 6.07) is 6.18. The van der Waals surface area contributed by atoms with E-state index in [9.17, 15) is 4.79 Å². The molecule has 2 heterocycles. The Hall–Kier alpha value is -1.31. The number of hydrogen-bond acceptors (Lipinski definition) is 5. The normalized spacial score (nSPS) is 22.5. The summed E-state index contributed by atoms with van der Waals surface area (Å²) in [7, 11) is 3.44. The van der Waals surface area contributed by atoms with E-state index in [4.69, 9.17) is 4.74 Å². The van der Waals surface area contributed by atoms with Crippen LogP contribution in [0.2, 0.25) is 0 Å². The molecule has 2 fully saturated rings. The van der Waals surface area contributed by atoms with Crippen molar-refractivity contribution in [2.45, 2.75) is 0 Å². The number of ether oxygens (including phenoxy) is 1. The summed E-state index contributed by atoms with van der Waals surface area (Å²) in [5.74, 6) is -0.0102. The van der Waals surface area contributed by atoms with Gasteiger partial charge in [0.25, 0.3) is 5.91 Å². The number of amides is 1. The van der Waals surface area contributed by atoms with E-state index in [1.807, 2.05) is 18.2 Å². The molecule has 1 amide bonds. The molecule has 23 heavy (non-hydrogen) atoms. The van der Waals surface area contributed by atoms with E-state index in [-0.39, 0.29) is 5.91 Å². The maximum absolute atomic E-state index is 12.2. The van der Waals surface area contributed by atoms with Gasteiger partial charge in [-0.05, 0) is 51.5 Å². The van der Waals surface area contributed by atoms with Crippen LogP contribution in [-0.2, 0) is 9.53 Å². The summed E-state index contributed by atoms with van der Waals surface area (Å²) in [5.41, 5.74) is 2.16. The first-order valence-electron chi connectivity index (χ1n) is 7.37. The van der Waals surface area contributed by atoms with E-state index in [0.29, 0.717) is 4.91 Å². The number of aliphatic imine (C=N–C) groups is 1. The molecule has 7 heteroatoms. The molecular formula is C16H18BrN3O2S. The van der Waals surface area contributed by atoms with Crippen molar-refractivity contribution >= 4 is 50.5 Å². The summed E-state index contributed by atoms with van der Waals surface area (Å²) < 4.78 is 6.42. The predicted molar refractivity (Wildman–Crippen MR) is 98.9 cm³/mol. The highest BCUT2D eigenvalue weighted by atomic mass is 79.9. The van der Waals surface area contributed by atoms with E-state index < -0.39 is 0 Å². The van der Waals surface area contributed by atoms with Gasteiger partial charge in [-0.15, -0.1) is 0 Å². The molecule has 0 aromatic heterocycles. The van der Waals surface area contributed by atoms with Gasteiger partial charge in [-0.25, -0.2) is 0 Å². The second-order valence-electron chi connectivity index (χ2n) is 5.29. The summed E-state index contributed by atoms with van der Waals surface area (Å²) in [5, 5.41) is 0.727. The highest BCUT2D eigenvalue weighted by molar-refractivity contribution is 9.10. The van der Waals surface area contributed by atoms with Crippen LogP contribution in [0, 0.1) is 0 Å². The van der Waals surface area contributed by atoms with Gasteiger partial charge in [0, 0.05) is 31.7 Å². The number of anilines is 1. The van der Waals surface area contributed by atoms with Gasteiger partial charge >= 0.3 is 0 Å². The molecule has 0 spiro atoms. The Kier molecular flexibility index (Phi) is 5.08. The molecule has 3 rings (SSSR count). The van der Waals surface area contributed by atoms with Crippen molar-refractivity contribution in [2.24, 2.45) is 4.99 Å². The van der Waals surface area contributed by atoms with E-state index in [1.54, 1.807) is 19.0 Å². The van der Waals surface area contributed by atoms with Gasteiger partial charge < -0.3 is 9.64 Å². The van der Waals surface area contributed by atoms with Gasteiger partial charge in [-0.3, -0.25) is 14.7 Å². The Morgan fingerprint density at radius 3 is 2.70 bits per heavy atom. The van der Waals surface area contributed by atoms with Crippen LogP contribution >= 0.6 is 27.7 Å². The predicted octanol–water partition coefficient (Wildman–Crippen LogP) is 2.82. The number of amidine groups is 1. The number of carbonyl (C=O) groups is 1. The molecule has 1 aromatic carbocycles. The lowest BCUT2D eigenvalue weighted by Gasteiger charge is -2.29. The summed E-state index contributed by atoms with van der Waals surface area (Å²) in [4.78, 5) is 20.9. The van der Waals surface area contributed by atoms with Crippen molar-refractivity contribution in [3.63, 3.8) is 0 Å². The van der Waals surface area contributed by atoms with Crippen LogP contribution in [0.25, 0.3) is 6.08 Å². The van der Waals surface area contributed by atoms with Crippen LogP contribution in [0.5, 0.6) is 0 Å². The summed E-state index contributed by atoms with van der Waals surface area (Å²) >= 11 is 5.05. The van der Waals surface area contributed by atoms with Gasteiger partial charge in [-0.1, -0.05) is 6.07 Å². The first kappa shape index (κ1) is 16.5. The van der Waals surface area contributed by atoms with Crippen molar-refractivity contribution in [3.05, 3.63) is 33.1 Å². The molecule has 0 atom stereocenters. The zero-order chi connectivity index (χ0) is 16.4. The maximum Gasteiger partial charge on any atom is 0.266 e. The Balaban J connectivity index is 1.83. The number of carbonyl (C=O) groups excluding carboxylic acids is 1. The van der Waals surface area contributed by atoms with Gasteiger partial charge in [0.2, 0.25) is 0 Å². The second kappa shape index (κ2) is 7.07. The number of halogens is 1. The fraction of sp³-hybridized carbons (Fsp3) is 0.375. The lowest BCUT2D eigenvalue weighted by Crippen LogP contribution is -2.36. The molecule has 1 aromatic rings. The van der Waals surface area contributed by atoms with Crippen LogP contribution < -0.4 is 4.90 Å². The number of thioether (sulfide) groups is 1. The van der Waals surface area contributed by atoms with Crippen LogP contribution in [0.1, 0.15) is 5.56 Å². The quantitative estimate of drug-likeness (QED) is 0.722. The average Bonchev–Trinajstić information content (AvgIpc) is 2.84. The molecule has 0 unspecified atom stereocenters. The largest absolute Gasteiger partial charge is 0.378 e. The van der Waals surface area contributed by atoms with E-state index >= 15 is 0 Å². The van der Waals surface area contributed by atoms with Crippen molar-refractivity contribution in [2.75, 3.05) is 45.3 Å². The molecule has 0 bridgehead atoms. The fourth-order valence-electron chi connectivity index (χ4n) is 2.57. The number of hydrogen-bond donors (Lipinski definition) is 0. The zero-order valence-electron chi connectivity index (χ0n) is 13.1. The van der Waals surface area contributed by atoms with Crippen molar-refractivity contribution in [3.8, 4) is 0 Å². The molecule has 122 valence electrons. The SMILES string of the molecule is CN=C1SC(=Cc2ccc(N3CCOCC3)c(Br)c2)C(=O)N1C. The molecule has 2 saturated heterocycles.